The van der Waals surface area contributed by atoms with Crippen LogP contribution >= 0.6 is 0 Å². The van der Waals surface area contributed by atoms with Crippen molar-refractivity contribution in [3.05, 3.63) is 30.5 Å². The molecule has 0 unspecified atom stereocenters. The maximum absolute atomic E-state index is 10.6. The second kappa shape index (κ2) is 5.87. The normalized spacial score (nSPS) is 11.3. The molecule has 0 aliphatic heterocycles. The van der Waals surface area contributed by atoms with Crippen molar-refractivity contribution in [3.8, 4) is 0 Å². The van der Waals surface area contributed by atoms with Crippen LogP contribution in [0.2, 0.25) is 0 Å². The van der Waals surface area contributed by atoms with Crippen LogP contribution in [0.4, 0.5) is 16.2 Å². The van der Waals surface area contributed by atoms with Gasteiger partial charge in [0.05, 0.1) is 23.1 Å². The number of hydrogen-bond acceptors (Lipinski definition) is 4. The summed E-state index contributed by atoms with van der Waals surface area (Å²) in [5, 5.41) is 15.4. The summed E-state index contributed by atoms with van der Waals surface area (Å²) in [6.45, 7) is 4.91. The Morgan fingerprint density at radius 1 is 1.33 bits per heavy atom. The summed E-state index contributed by atoms with van der Waals surface area (Å²) in [6, 6.07) is 7.75. The molecule has 0 saturated carbocycles. The summed E-state index contributed by atoms with van der Waals surface area (Å²) >= 11 is 0. The van der Waals surface area contributed by atoms with Gasteiger partial charge < -0.3 is 21.5 Å². The van der Waals surface area contributed by atoms with Gasteiger partial charge in [0.1, 0.15) is 0 Å². The van der Waals surface area contributed by atoms with Gasteiger partial charge in [-0.2, -0.15) is 0 Å². The first-order valence-electron chi connectivity index (χ1n) is 6.73. The quantitative estimate of drug-likeness (QED) is 0.677. The van der Waals surface area contributed by atoms with Crippen LogP contribution in [-0.2, 0) is 0 Å². The average Bonchev–Trinajstić information content (AvgIpc) is 2.44. The van der Waals surface area contributed by atoms with Crippen molar-refractivity contribution in [2.75, 3.05) is 24.1 Å². The fourth-order valence-corrected chi connectivity index (χ4v) is 2.06. The van der Waals surface area contributed by atoms with Crippen molar-refractivity contribution in [2.24, 2.45) is 5.41 Å². The number of aromatic nitrogens is 1. The highest BCUT2D eigenvalue weighted by atomic mass is 16.4. The number of hydrogen-bond donors (Lipinski definition) is 4. The zero-order valence-corrected chi connectivity index (χ0v) is 12.2. The SMILES string of the molecule is CC(C)(CNC(=O)O)CNc1c(N)cnc2ccccc12. The van der Waals surface area contributed by atoms with E-state index in [1.165, 1.54) is 0 Å². The third kappa shape index (κ3) is 3.75. The molecule has 0 spiro atoms. The number of nitrogens with one attached hydrogen (secondary N) is 2. The van der Waals surface area contributed by atoms with Crippen molar-refractivity contribution >= 4 is 28.4 Å². The summed E-state index contributed by atoms with van der Waals surface area (Å²) in [6.07, 6.45) is 0.615. The molecule has 0 fully saturated rings. The molecule has 2 rings (SSSR count). The lowest BCUT2D eigenvalue weighted by Crippen LogP contribution is -2.37. The average molecular weight is 288 g/mol. The van der Waals surface area contributed by atoms with Gasteiger partial charge in [0.25, 0.3) is 0 Å². The molecule has 0 atom stereocenters. The Morgan fingerprint density at radius 2 is 2.05 bits per heavy atom. The minimum atomic E-state index is -1.02. The standard InChI is InChI=1S/C15H20N4O2/c1-15(2,9-19-14(20)21)8-18-13-10-5-3-4-6-12(10)17-7-11(13)16/h3-7,19H,8-9,16H2,1-2H3,(H,17,18)(H,20,21). The lowest BCUT2D eigenvalue weighted by atomic mass is 9.93. The molecule has 2 aromatic rings. The van der Waals surface area contributed by atoms with Crippen molar-refractivity contribution in [1.82, 2.24) is 10.3 Å². The largest absolute Gasteiger partial charge is 0.465 e. The number of pyridine rings is 1. The Labute approximate surface area is 123 Å². The first-order chi connectivity index (χ1) is 9.89. The van der Waals surface area contributed by atoms with E-state index in [2.05, 4.69) is 15.6 Å². The number of nitrogen functional groups attached to an aromatic ring is 1. The molecule has 0 aliphatic carbocycles. The van der Waals surface area contributed by atoms with Crippen LogP contribution in [0, 0.1) is 5.41 Å². The summed E-state index contributed by atoms with van der Waals surface area (Å²) in [5.41, 5.74) is 8.05. The van der Waals surface area contributed by atoms with Gasteiger partial charge in [-0.3, -0.25) is 4.98 Å². The lowest BCUT2D eigenvalue weighted by molar-refractivity contribution is 0.189. The number of nitrogens with zero attached hydrogens (tertiary/aromatic N) is 1. The number of carbonyl (C=O) groups is 1. The van der Waals surface area contributed by atoms with Crippen molar-refractivity contribution in [1.29, 1.82) is 0 Å². The molecule has 0 saturated heterocycles. The van der Waals surface area contributed by atoms with Crippen LogP contribution in [-0.4, -0.2) is 29.3 Å². The number of benzene rings is 1. The predicted molar refractivity (Wildman–Crippen MR) is 84.5 cm³/mol. The van der Waals surface area contributed by atoms with Crippen LogP contribution in [0.1, 0.15) is 13.8 Å². The number of rotatable bonds is 5. The Bertz CT molecular complexity index is 655. The maximum Gasteiger partial charge on any atom is 0.404 e. The summed E-state index contributed by atoms with van der Waals surface area (Å²) in [4.78, 5) is 14.9. The summed E-state index contributed by atoms with van der Waals surface area (Å²) in [5.74, 6) is 0. The minimum absolute atomic E-state index is 0.241. The zero-order chi connectivity index (χ0) is 15.5. The van der Waals surface area contributed by atoms with Crippen LogP contribution in [0.3, 0.4) is 0 Å². The fourth-order valence-electron chi connectivity index (χ4n) is 2.06. The van der Waals surface area contributed by atoms with Crippen molar-refractivity contribution < 1.29 is 9.90 Å². The van der Waals surface area contributed by atoms with E-state index in [1.807, 2.05) is 38.1 Å². The summed E-state index contributed by atoms with van der Waals surface area (Å²) < 4.78 is 0. The highest BCUT2D eigenvalue weighted by molar-refractivity contribution is 5.96. The van der Waals surface area contributed by atoms with Gasteiger partial charge in [-0.05, 0) is 11.5 Å². The maximum atomic E-state index is 10.6. The predicted octanol–water partition coefficient (Wildman–Crippen LogP) is 2.52. The third-order valence-corrected chi connectivity index (χ3v) is 3.27. The topological polar surface area (TPSA) is 100 Å². The molecule has 5 N–H and O–H groups in total. The van der Waals surface area contributed by atoms with Crippen LogP contribution < -0.4 is 16.4 Å². The Hall–Kier alpha value is -2.50. The number of fused-ring (bicyclic) bond motifs is 1. The Kier molecular flexibility index (Phi) is 4.16. The molecular weight excluding hydrogens is 268 g/mol. The fraction of sp³-hybridized carbons (Fsp3) is 0.333. The van der Waals surface area contributed by atoms with Crippen LogP contribution in [0.25, 0.3) is 10.9 Å². The number of carboxylic acid groups (broad SMARTS) is 1. The molecule has 1 aromatic heterocycles. The molecular formula is C15H20N4O2. The minimum Gasteiger partial charge on any atom is -0.465 e. The van der Waals surface area contributed by atoms with Crippen LogP contribution in [0.5, 0.6) is 0 Å². The van der Waals surface area contributed by atoms with E-state index in [9.17, 15) is 4.79 Å². The van der Waals surface area contributed by atoms with Crippen molar-refractivity contribution in [2.45, 2.75) is 13.8 Å². The molecule has 1 aromatic carbocycles. The van der Waals surface area contributed by atoms with E-state index in [0.29, 0.717) is 18.8 Å². The first-order valence-corrected chi connectivity index (χ1v) is 6.73. The highest BCUT2D eigenvalue weighted by Crippen LogP contribution is 2.28. The van der Waals surface area contributed by atoms with Crippen molar-refractivity contribution in [3.63, 3.8) is 0 Å². The molecule has 6 nitrogen and oxygen atoms in total. The number of anilines is 2. The molecule has 0 bridgehead atoms. The highest BCUT2D eigenvalue weighted by Gasteiger charge is 2.19. The number of para-hydroxylation sites is 1. The van der Waals surface area contributed by atoms with E-state index in [4.69, 9.17) is 10.8 Å². The van der Waals surface area contributed by atoms with Gasteiger partial charge in [0.2, 0.25) is 0 Å². The molecule has 6 heteroatoms. The molecule has 21 heavy (non-hydrogen) atoms. The molecule has 0 radical (unpaired) electrons. The Balaban J connectivity index is 2.16. The molecule has 0 aliphatic rings. The first kappa shape index (κ1) is 14.9. The monoisotopic (exact) mass is 288 g/mol. The van der Waals surface area contributed by atoms with Gasteiger partial charge in [0, 0.05) is 18.5 Å². The van der Waals surface area contributed by atoms with E-state index in [0.717, 1.165) is 16.6 Å². The third-order valence-electron chi connectivity index (χ3n) is 3.27. The molecule has 1 heterocycles. The summed E-state index contributed by atoms with van der Waals surface area (Å²) in [7, 11) is 0. The van der Waals surface area contributed by atoms with Crippen LogP contribution in [0.15, 0.2) is 30.5 Å². The second-order valence-electron chi connectivity index (χ2n) is 5.78. The zero-order valence-electron chi connectivity index (χ0n) is 12.2. The number of amides is 1. The van der Waals surface area contributed by atoms with Gasteiger partial charge in [-0.25, -0.2) is 4.79 Å². The van der Waals surface area contributed by atoms with E-state index in [-0.39, 0.29) is 5.41 Å². The molecule has 1 amide bonds. The second-order valence-corrected chi connectivity index (χ2v) is 5.78. The van der Waals surface area contributed by atoms with Gasteiger partial charge >= 0.3 is 6.09 Å². The smallest absolute Gasteiger partial charge is 0.404 e. The van der Waals surface area contributed by atoms with E-state index in [1.54, 1.807) is 6.20 Å². The van der Waals surface area contributed by atoms with E-state index < -0.39 is 6.09 Å². The number of nitrogens with two attached hydrogens (primary N) is 1. The van der Waals surface area contributed by atoms with Gasteiger partial charge in [0.15, 0.2) is 0 Å². The van der Waals surface area contributed by atoms with Gasteiger partial charge in [-0.15, -0.1) is 0 Å². The molecule has 112 valence electrons. The van der Waals surface area contributed by atoms with E-state index >= 15 is 0 Å². The lowest BCUT2D eigenvalue weighted by Gasteiger charge is -2.26. The Morgan fingerprint density at radius 3 is 2.76 bits per heavy atom. The van der Waals surface area contributed by atoms with Gasteiger partial charge in [-0.1, -0.05) is 32.0 Å².